The summed E-state index contributed by atoms with van der Waals surface area (Å²) >= 11 is 6.33. The van der Waals surface area contributed by atoms with E-state index in [-0.39, 0.29) is 27.8 Å². The van der Waals surface area contributed by atoms with Crippen molar-refractivity contribution in [3.05, 3.63) is 51.1 Å². The highest BCUT2D eigenvalue weighted by Gasteiger charge is 2.34. The number of hydrogen-bond donors (Lipinski definition) is 4. The average Bonchev–Trinajstić information content (AvgIpc) is 2.71. The van der Waals surface area contributed by atoms with Crippen molar-refractivity contribution in [3.8, 4) is 22.8 Å². The third kappa shape index (κ3) is 4.55. The van der Waals surface area contributed by atoms with Crippen LogP contribution in [0.1, 0.15) is 17.9 Å². The summed E-state index contributed by atoms with van der Waals surface area (Å²) in [6.45, 7) is 0.955. The summed E-state index contributed by atoms with van der Waals surface area (Å²) in [5.41, 5.74) is 0.0444. The number of fused-ring (bicyclic) bond motifs is 1. The zero-order chi connectivity index (χ0) is 24.1. The van der Waals surface area contributed by atoms with Gasteiger partial charge in [0.2, 0.25) is 0 Å². The molecule has 2 aromatic carbocycles. The van der Waals surface area contributed by atoms with Crippen LogP contribution in [-0.4, -0.2) is 59.0 Å². The molecule has 2 unspecified atom stereocenters. The Morgan fingerprint density at radius 1 is 1.30 bits per heavy atom. The first-order valence-corrected chi connectivity index (χ1v) is 12.1. The second-order valence-corrected chi connectivity index (χ2v) is 9.75. The van der Waals surface area contributed by atoms with Gasteiger partial charge in [0.05, 0.1) is 11.1 Å². The Balaban J connectivity index is 2.08. The fourth-order valence-electron chi connectivity index (χ4n) is 4.31. The summed E-state index contributed by atoms with van der Waals surface area (Å²) in [5.74, 6) is -1.35. The summed E-state index contributed by atoms with van der Waals surface area (Å²) in [6, 6.07) is 7.72. The first-order valence-electron chi connectivity index (χ1n) is 10.2. The summed E-state index contributed by atoms with van der Waals surface area (Å²) in [4.78, 5) is 34.1. The number of aliphatic hydroxyl groups is 1. The van der Waals surface area contributed by atoms with E-state index < -0.39 is 36.8 Å². The van der Waals surface area contributed by atoms with E-state index in [1.807, 2.05) is 11.9 Å². The fourth-order valence-corrected chi connectivity index (χ4v) is 4.94. The molecule has 12 heteroatoms. The third-order valence-electron chi connectivity index (χ3n) is 5.87. The van der Waals surface area contributed by atoms with Crippen molar-refractivity contribution in [1.29, 1.82) is 0 Å². The molecule has 1 saturated heterocycles. The molecule has 174 valence electrons. The summed E-state index contributed by atoms with van der Waals surface area (Å²) in [6.07, 6.45) is -0.417. The molecule has 3 aromatic rings. The quantitative estimate of drug-likeness (QED) is 0.313. The number of rotatable bonds is 4. The van der Waals surface area contributed by atoms with Crippen molar-refractivity contribution < 1.29 is 33.5 Å². The van der Waals surface area contributed by atoms with E-state index in [1.165, 1.54) is 7.85 Å². The van der Waals surface area contributed by atoms with Crippen molar-refractivity contribution in [1.82, 2.24) is 4.90 Å². The monoisotopic (exact) mass is 493 g/mol. The number of phosphoric acid groups is 1. The zero-order valence-electron chi connectivity index (χ0n) is 17.9. The van der Waals surface area contributed by atoms with E-state index in [4.69, 9.17) is 20.5 Å². The molecule has 33 heavy (non-hydrogen) atoms. The van der Waals surface area contributed by atoms with E-state index in [9.17, 15) is 29.4 Å². The fraction of sp³-hybridized carbons (Fsp3) is 0.286. The molecule has 0 saturated carbocycles. The number of piperidine rings is 1. The molecule has 0 radical (unpaired) electrons. The molecule has 1 aromatic heterocycles. The molecule has 1 aliphatic heterocycles. The van der Waals surface area contributed by atoms with Gasteiger partial charge in [-0.25, -0.2) is 4.57 Å². The molecular formula is C21H22BClNO8P. The van der Waals surface area contributed by atoms with Gasteiger partial charge in [0.1, 0.15) is 36.1 Å². The number of phosphoric ester groups is 1. The lowest BCUT2D eigenvalue weighted by molar-refractivity contribution is 0.0631. The Kier molecular flexibility index (Phi) is 6.35. The highest BCUT2D eigenvalue weighted by molar-refractivity contribution is 7.46. The maximum absolute atomic E-state index is 13.4. The second kappa shape index (κ2) is 8.79. The van der Waals surface area contributed by atoms with Gasteiger partial charge in [-0.15, -0.1) is 0 Å². The van der Waals surface area contributed by atoms with Crippen LogP contribution in [0.15, 0.2) is 39.5 Å². The predicted octanol–water partition coefficient (Wildman–Crippen LogP) is 1.33. The van der Waals surface area contributed by atoms with E-state index in [1.54, 1.807) is 24.3 Å². The summed E-state index contributed by atoms with van der Waals surface area (Å²) in [7, 11) is -1.70. The zero-order valence-corrected chi connectivity index (χ0v) is 19.5. The van der Waals surface area contributed by atoms with E-state index in [0.717, 1.165) is 6.07 Å². The Bertz CT molecular complexity index is 1340. The smallest absolute Gasteiger partial charge is 0.507 e. The third-order valence-corrected chi connectivity index (χ3v) is 6.63. The highest BCUT2D eigenvalue weighted by atomic mass is 35.5. The Morgan fingerprint density at radius 2 is 2.00 bits per heavy atom. The molecule has 0 amide bonds. The molecule has 0 spiro atoms. The van der Waals surface area contributed by atoms with Crippen LogP contribution in [0.5, 0.6) is 11.5 Å². The van der Waals surface area contributed by atoms with Crippen LogP contribution in [0, 0.1) is 0 Å². The minimum absolute atomic E-state index is 0.113. The van der Waals surface area contributed by atoms with Crippen molar-refractivity contribution in [2.75, 3.05) is 20.1 Å². The molecule has 4 rings (SSSR count). The molecule has 2 atom stereocenters. The van der Waals surface area contributed by atoms with Crippen molar-refractivity contribution in [2.45, 2.75) is 18.4 Å². The summed E-state index contributed by atoms with van der Waals surface area (Å²) < 4.78 is 22.4. The number of phenolic OH excluding ortho intramolecular Hbond substituents is 1. The number of nitrogens with zero attached hydrogens (tertiary/aromatic N) is 1. The van der Waals surface area contributed by atoms with Gasteiger partial charge in [0, 0.05) is 35.1 Å². The van der Waals surface area contributed by atoms with Gasteiger partial charge in [-0.3, -0.25) is 14.6 Å². The molecule has 0 bridgehead atoms. The van der Waals surface area contributed by atoms with Crippen molar-refractivity contribution in [3.63, 3.8) is 0 Å². The number of β-amino-alcohol motifs (C(OH)–C–C–N with tert-alkyl or cyclic N) is 1. The van der Waals surface area contributed by atoms with Crippen molar-refractivity contribution >= 4 is 43.7 Å². The molecule has 1 aliphatic rings. The standard InChI is InChI=1S/C21H22BClNO8P/c1-24-7-6-11(14(26)9-24)16-13(25)8-15(32-33(28,29)30)17-19(27)18(22)20(31-21(16)17)10-4-2-3-5-12(10)23/h2-5,8,11,14,25-26H,6-7,9,22H2,1H3,(H2,28,29,30). The van der Waals surface area contributed by atoms with E-state index in [0.29, 0.717) is 30.1 Å². The number of likely N-dealkylation sites (N-methyl/N-ethyl adjacent to an activating group) is 1. The van der Waals surface area contributed by atoms with Gasteiger partial charge >= 0.3 is 7.82 Å². The minimum Gasteiger partial charge on any atom is -0.507 e. The lowest BCUT2D eigenvalue weighted by Crippen LogP contribution is -2.40. The van der Waals surface area contributed by atoms with Crippen molar-refractivity contribution in [2.24, 2.45) is 0 Å². The number of hydrogen-bond acceptors (Lipinski definition) is 7. The SMILES string of the molecule is Bc1c(-c2ccccc2Cl)oc2c(C3CCN(C)CC3O)c(O)cc(OP(=O)(O)O)c2c1=O. The lowest BCUT2D eigenvalue weighted by Gasteiger charge is -2.34. The van der Waals surface area contributed by atoms with E-state index in [2.05, 4.69) is 0 Å². The summed E-state index contributed by atoms with van der Waals surface area (Å²) in [5, 5.41) is 21.7. The van der Waals surface area contributed by atoms with Crippen LogP contribution in [0.3, 0.4) is 0 Å². The number of halogens is 1. The predicted molar refractivity (Wildman–Crippen MR) is 126 cm³/mol. The molecule has 4 N–H and O–H groups in total. The van der Waals surface area contributed by atoms with Crippen LogP contribution in [0.25, 0.3) is 22.3 Å². The number of likely N-dealkylation sites (tertiary alicyclic amines) is 1. The van der Waals surface area contributed by atoms with Crippen LogP contribution >= 0.6 is 19.4 Å². The second-order valence-electron chi connectivity index (χ2n) is 8.18. The maximum Gasteiger partial charge on any atom is 0.524 e. The topological polar surface area (TPSA) is 141 Å². The maximum atomic E-state index is 13.4. The lowest BCUT2D eigenvalue weighted by atomic mass is 9.84. The van der Waals surface area contributed by atoms with Crippen LogP contribution in [0.4, 0.5) is 0 Å². The molecular weight excluding hydrogens is 471 g/mol. The van der Waals surface area contributed by atoms with Gasteiger partial charge in [-0.2, -0.15) is 0 Å². The normalized spacial score (nSPS) is 19.7. The minimum atomic E-state index is -5.06. The van der Waals surface area contributed by atoms with Crippen LogP contribution in [-0.2, 0) is 4.57 Å². The number of phenols is 1. The average molecular weight is 494 g/mol. The van der Waals surface area contributed by atoms with E-state index >= 15 is 0 Å². The van der Waals surface area contributed by atoms with Crippen LogP contribution in [0.2, 0.25) is 5.02 Å². The van der Waals surface area contributed by atoms with Gasteiger partial charge in [-0.1, -0.05) is 23.7 Å². The van der Waals surface area contributed by atoms with Gasteiger partial charge < -0.3 is 24.1 Å². The Hall–Kier alpha value is -2.33. The van der Waals surface area contributed by atoms with Gasteiger partial charge in [0.25, 0.3) is 0 Å². The van der Waals surface area contributed by atoms with Gasteiger partial charge in [0.15, 0.2) is 5.43 Å². The van der Waals surface area contributed by atoms with Gasteiger partial charge in [-0.05, 0) is 32.1 Å². The largest absolute Gasteiger partial charge is 0.524 e. The number of aromatic hydroxyl groups is 1. The highest BCUT2D eigenvalue weighted by Crippen LogP contribution is 2.47. The molecule has 9 nitrogen and oxygen atoms in total. The number of aliphatic hydroxyl groups excluding tert-OH is 1. The Morgan fingerprint density at radius 3 is 2.64 bits per heavy atom. The first kappa shape index (κ1) is 23.8. The van der Waals surface area contributed by atoms with Crippen LogP contribution < -0.4 is 15.4 Å². The molecule has 1 fully saturated rings. The molecule has 0 aliphatic carbocycles. The first-order chi connectivity index (χ1) is 15.5. The molecule has 2 heterocycles. The number of benzene rings is 2. The Labute approximate surface area is 194 Å².